The molecule has 0 amide bonds. The summed E-state index contributed by atoms with van der Waals surface area (Å²) in [5, 5.41) is 21.6. The predicted molar refractivity (Wildman–Crippen MR) is 73.2 cm³/mol. The number of aryl methyl sites for hydroxylation is 1. The minimum absolute atomic E-state index is 0.0277. The summed E-state index contributed by atoms with van der Waals surface area (Å²) in [5.74, 6) is -0.934. The van der Waals surface area contributed by atoms with Gasteiger partial charge in [0.15, 0.2) is 4.34 Å². The van der Waals surface area contributed by atoms with Gasteiger partial charge in [0.2, 0.25) is 0 Å². The van der Waals surface area contributed by atoms with Crippen LogP contribution in [-0.4, -0.2) is 26.0 Å². The van der Waals surface area contributed by atoms with Crippen LogP contribution >= 0.6 is 23.1 Å². The molecule has 9 heteroatoms. The molecule has 0 fully saturated rings. The van der Waals surface area contributed by atoms with Gasteiger partial charge >= 0.3 is 5.97 Å². The van der Waals surface area contributed by atoms with Crippen molar-refractivity contribution in [2.24, 2.45) is 0 Å². The lowest BCUT2D eigenvalue weighted by Gasteiger charge is -1.99. The van der Waals surface area contributed by atoms with Gasteiger partial charge in [-0.3, -0.25) is 14.9 Å². The molecule has 1 N–H and O–H groups in total. The molecule has 0 aliphatic rings. The topological polar surface area (TPSA) is 106 Å². The van der Waals surface area contributed by atoms with Crippen LogP contribution in [-0.2, 0) is 11.2 Å². The van der Waals surface area contributed by atoms with E-state index in [0.717, 1.165) is 0 Å². The Morgan fingerprint density at radius 3 is 2.95 bits per heavy atom. The Morgan fingerprint density at radius 1 is 1.60 bits per heavy atom. The number of carboxylic acid groups (broad SMARTS) is 1. The van der Waals surface area contributed by atoms with Crippen molar-refractivity contribution in [2.45, 2.75) is 22.7 Å². The minimum atomic E-state index is -0.934. The van der Waals surface area contributed by atoms with Crippen LogP contribution in [0.1, 0.15) is 11.3 Å². The first-order valence-electron chi connectivity index (χ1n) is 5.41. The number of hydrogen-bond acceptors (Lipinski definition) is 7. The van der Waals surface area contributed by atoms with Crippen molar-refractivity contribution in [2.75, 3.05) is 0 Å². The Morgan fingerprint density at radius 2 is 2.35 bits per heavy atom. The molecule has 0 spiro atoms. The second-order valence-corrected chi connectivity index (χ2v) is 5.97. The van der Waals surface area contributed by atoms with Crippen molar-refractivity contribution in [1.82, 2.24) is 9.97 Å². The quantitative estimate of drug-likeness (QED) is 0.668. The van der Waals surface area contributed by atoms with Gasteiger partial charge in [0.25, 0.3) is 5.69 Å². The number of hydrogen-bond donors (Lipinski definition) is 1. The second-order valence-electron chi connectivity index (χ2n) is 3.84. The molecule has 0 radical (unpaired) electrons. The molecule has 0 atom stereocenters. The van der Waals surface area contributed by atoms with Crippen LogP contribution in [0.3, 0.4) is 0 Å². The summed E-state index contributed by atoms with van der Waals surface area (Å²) in [7, 11) is 0. The molecular weight excluding hydrogens is 302 g/mol. The number of aromatic nitrogens is 2. The standard InChI is InChI=1S/C11H9N3O4S2/c1-6-2-9(12-4-8(6)14(17)18)20-11-13-7(5-19-11)3-10(15)16/h2,4-5H,3H2,1H3,(H,15,16). The molecule has 104 valence electrons. The van der Waals surface area contributed by atoms with Gasteiger partial charge in [-0.15, -0.1) is 11.3 Å². The maximum Gasteiger partial charge on any atom is 0.309 e. The van der Waals surface area contributed by atoms with Gasteiger partial charge in [-0.2, -0.15) is 0 Å². The average Bonchev–Trinajstić information content (AvgIpc) is 2.75. The summed E-state index contributed by atoms with van der Waals surface area (Å²) in [6, 6.07) is 1.61. The Labute approximate surface area is 121 Å². The lowest BCUT2D eigenvalue weighted by atomic mass is 10.3. The van der Waals surface area contributed by atoms with Gasteiger partial charge in [0.05, 0.1) is 17.0 Å². The van der Waals surface area contributed by atoms with Gasteiger partial charge in [0, 0.05) is 10.9 Å². The van der Waals surface area contributed by atoms with E-state index in [1.807, 2.05) is 0 Å². The highest BCUT2D eigenvalue weighted by Crippen LogP contribution is 2.31. The number of rotatable bonds is 5. The van der Waals surface area contributed by atoms with Crippen LogP contribution in [0.2, 0.25) is 0 Å². The number of thiazole rings is 1. The fraction of sp³-hybridized carbons (Fsp3) is 0.182. The molecule has 0 saturated heterocycles. The summed E-state index contributed by atoms with van der Waals surface area (Å²) in [4.78, 5) is 28.9. The molecule has 2 heterocycles. The van der Waals surface area contributed by atoms with Crippen molar-refractivity contribution in [3.63, 3.8) is 0 Å². The Balaban J connectivity index is 2.14. The summed E-state index contributed by atoms with van der Waals surface area (Å²) >= 11 is 2.57. The molecule has 2 aromatic rings. The van der Waals surface area contributed by atoms with E-state index in [1.165, 1.54) is 29.3 Å². The fourth-order valence-corrected chi connectivity index (χ4v) is 3.25. The molecule has 2 rings (SSSR count). The highest BCUT2D eigenvalue weighted by molar-refractivity contribution is 8.01. The van der Waals surface area contributed by atoms with Crippen LogP contribution in [0, 0.1) is 17.0 Å². The zero-order chi connectivity index (χ0) is 14.7. The Hall–Kier alpha value is -2.00. The third-order valence-corrected chi connectivity index (χ3v) is 4.23. The third-order valence-electron chi connectivity index (χ3n) is 2.31. The van der Waals surface area contributed by atoms with E-state index >= 15 is 0 Å². The second kappa shape index (κ2) is 5.97. The van der Waals surface area contributed by atoms with Gasteiger partial charge in [-0.05, 0) is 24.8 Å². The summed E-state index contributed by atoms with van der Waals surface area (Å²) < 4.78 is 0.655. The maximum absolute atomic E-state index is 10.7. The zero-order valence-corrected chi connectivity index (χ0v) is 11.9. The highest BCUT2D eigenvalue weighted by atomic mass is 32.2. The van der Waals surface area contributed by atoms with Crippen molar-refractivity contribution in [3.8, 4) is 0 Å². The largest absolute Gasteiger partial charge is 0.481 e. The van der Waals surface area contributed by atoms with Gasteiger partial charge in [-0.25, -0.2) is 9.97 Å². The summed E-state index contributed by atoms with van der Waals surface area (Å²) in [6.45, 7) is 1.64. The van der Waals surface area contributed by atoms with Crippen molar-refractivity contribution in [1.29, 1.82) is 0 Å². The number of nitro groups is 1. The van der Waals surface area contributed by atoms with Crippen LogP contribution < -0.4 is 0 Å². The van der Waals surface area contributed by atoms with E-state index in [4.69, 9.17) is 5.11 Å². The number of pyridine rings is 1. The van der Waals surface area contributed by atoms with Gasteiger partial charge in [0.1, 0.15) is 11.2 Å². The first-order valence-corrected chi connectivity index (χ1v) is 7.10. The van der Waals surface area contributed by atoms with E-state index in [0.29, 0.717) is 20.6 Å². The van der Waals surface area contributed by atoms with Crippen LogP contribution in [0.25, 0.3) is 0 Å². The molecule has 0 unspecified atom stereocenters. The molecule has 0 bridgehead atoms. The Kier molecular flexibility index (Phi) is 4.30. The first kappa shape index (κ1) is 14.4. The summed E-state index contributed by atoms with van der Waals surface area (Å²) in [5.41, 5.74) is 0.985. The molecule has 0 aliphatic heterocycles. The van der Waals surface area contributed by atoms with Crippen LogP contribution in [0.5, 0.6) is 0 Å². The van der Waals surface area contributed by atoms with Gasteiger partial charge < -0.3 is 5.11 Å². The van der Waals surface area contributed by atoms with E-state index < -0.39 is 10.9 Å². The van der Waals surface area contributed by atoms with Crippen molar-refractivity contribution in [3.05, 3.63) is 39.0 Å². The van der Waals surface area contributed by atoms with E-state index in [2.05, 4.69) is 9.97 Å². The average molecular weight is 311 g/mol. The van der Waals surface area contributed by atoms with E-state index in [9.17, 15) is 14.9 Å². The van der Waals surface area contributed by atoms with Crippen molar-refractivity contribution >= 4 is 34.8 Å². The molecule has 7 nitrogen and oxygen atoms in total. The van der Waals surface area contributed by atoms with Gasteiger partial charge in [-0.1, -0.05) is 0 Å². The minimum Gasteiger partial charge on any atom is -0.481 e. The molecule has 0 aliphatic carbocycles. The van der Waals surface area contributed by atoms with E-state index in [-0.39, 0.29) is 12.1 Å². The molecular formula is C11H9N3O4S2. The normalized spacial score (nSPS) is 10.4. The third kappa shape index (κ3) is 3.52. The summed E-state index contributed by atoms with van der Waals surface area (Å²) in [6.07, 6.45) is 1.09. The fourth-order valence-electron chi connectivity index (χ4n) is 1.43. The lowest BCUT2D eigenvalue weighted by molar-refractivity contribution is -0.385. The smallest absolute Gasteiger partial charge is 0.309 e. The Bertz CT molecular complexity index is 671. The molecule has 2 aromatic heterocycles. The molecule has 20 heavy (non-hydrogen) atoms. The number of carboxylic acids is 1. The molecule has 0 saturated carbocycles. The predicted octanol–water partition coefficient (Wildman–Crippen LogP) is 2.53. The monoisotopic (exact) mass is 311 g/mol. The van der Waals surface area contributed by atoms with Crippen molar-refractivity contribution < 1.29 is 14.8 Å². The number of aliphatic carboxylic acids is 1. The lowest BCUT2D eigenvalue weighted by Crippen LogP contribution is -1.99. The number of nitrogens with zero attached hydrogens (tertiary/aromatic N) is 3. The molecule has 0 aromatic carbocycles. The SMILES string of the molecule is Cc1cc(Sc2nc(CC(=O)O)cs2)ncc1[N+](=O)[O-]. The van der Waals surface area contributed by atoms with E-state index in [1.54, 1.807) is 18.4 Å². The van der Waals surface area contributed by atoms with Crippen LogP contribution in [0.15, 0.2) is 27.0 Å². The number of carbonyl (C=O) groups is 1. The maximum atomic E-state index is 10.7. The first-order chi connectivity index (χ1) is 9.45. The highest BCUT2D eigenvalue weighted by Gasteiger charge is 2.13. The van der Waals surface area contributed by atoms with Crippen LogP contribution in [0.4, 0.5) is 5.69 Å². The zero-order valence-electron chi connectivity index (χ0n) is 10.3.